The van der Waals surface area contributed by atoms with E-state index in [4.69, 9.17) is 5.11 Å². The Labute approximate surface area is 101 Å². The highest BCUT2D eigenvalue weighted by Gasteiger charge is 2.26. The molecule has 0 bridgehead atoms. The first-order chi connectivity index (χ1) is 8.31. The highest BCUT2D eigenvalue weighted by Crippen LogP contribution is 2.17. The maximum absolute atomic E-state index is 11.9. The number of aliphatic hydroxyl groups is 1. The van der Waals surface area contributed by atoms with E-state index >= 15 is 0 Å². The molecule has 1 fully saturated rings. The van der Waals surface area contributed by atoms with Crippen LogP contribution in [0.15, 0.2) is 30.6 Å². The van der Waals surface area contributed by atoms with Gasteiger partial charge in [-0.25, -0.2) is 0 Å². The van der Waals surface area contributed by atoms with Gasteiger partial charge in [-0.05, 0) is 30.5 Å². The van der Waals surface area contributed by atoms with E-state index in [1.54, 1.807) is 29.4 Å². The van der Waals surface area contributed by atoms with Gasteiger partial charge in [0, 0.05) is 25.0 Å². The smallest absolute Gasteiger partial charge is 0.246 e. The van der Waals surface area contributed by atoms with Crippen LogP contribution in [0, 0.1) is 0 Å². The van der Waals surface area contributed by atoms with Gasteiger partial charge >= 0.3 is 0 Å². The fourth-order valence-corrected chi connectivity index (χ4v) is 2.05. The van der Waals surface area contributed by atoms with Crippen LogP contribution < -0.4 is 0 Å². The molecular weight excluding hydrogens is 216 g/mol. The average Bonchev–Trinajstić information content (AvgIpc) is 2.85. The number of hydrogen-bond donors (Lipinski definition) is 1. The number of carbonyl (C=O) groups is 1. The number of amides is 1. The molecule has 2 heterocycles. The molecular formula is C13H16N2O2. The Bertz CT molecular complexity index is 403. The van der Waals surface area contributed by atoms with E-state index in [1.807, 2.05) is 12.1 Å². The van der Waals surface area contributed by atoms with Crippen molar-refractivity contribution in [1.29, 1.82) is 0 Å². The van der Waals surface area contributed by atoms with E-state index in [9.17, 15) is 4.79 Å². The number of rotatable bonds is 3. The minimum atomic E-state index is -0.0367. The molecule has 17 heavy (non-hydrogen) atoms. The van der Waals surface area contributed by atoms with Gasteiger partial charge in [-0.15, -0.1) is 0 Å². The van der Waals surface area contributed by atoms with Crippen molar-refractivity contribution >= 4 is 12.0 Å². The van der Waals surface area contributed by atoms with Gasteiger partial charge in [0.1, 0.15) is 0 Å². The van der Waals surface area contributed by atoms with Gasteiger partial charge < -0.3 is 10.0 Å². The lowest BCUT2D eigenvalue weighted by molar-refractivity contribution is -0.127. The molecule has 0 unspecified atom stereocenters. The van der Waals surface area contributed by atoms with E-state index in [1.165, 1.54) is 0 Å². The minimum Gasteiger partial charge on any atom is -0.394 e. The van der Waals surface area contributed by atoms with E-state index in [0.29, 0.717) is 0 Å². The summed E-state index contributed by atoms with van der Waals surface area (Å²) < 4.78 is 0. The summed E-state index contributed by atoms with van der Waals surface area (Å²) in [7, 11) is 0. The molecule has 0 saturated carbocycles. The Morgan fingerprint density at radius 3 is 3.24 bits per heavy atom. The molecule has 0 aromatic carbocycles. The summed E-state index contributed by atoms with van der Waals surface area (Å²) in [6, 6.07) is 3.71. The van der Waals surface area contributed by atoms with Crippen molar-refractivity contribution in [2.75, 3.05) is 13.2 Å². The third kappa shape index (κ3) is 2.91. The highest BCUT2D eigenvalue weighted by molar-refractivity contribution is 5.92. The zero-order chi connectivity index (χ0) is 12.1. The SMILES string of the molecule is O=C(C=Cc1cccnc1)N1CCC[C@@H]1CO. The van der Waals surface area contributed by atoms with Gasteiger partial charge in [0.2, 0.25) is 5.91 Å². The van der Waals surface area contributed by atoms with Crippen molar-refractivity contribution in [3.8, 4) is 0 Å². The summed E-state index contributed by atoms with van der Waals surface area (Å²) in [6.45, 7) is 0.786. The zero-order valence-corrected chi connectivity index (χ0v) is 9.62. The molecule has 4 nitrogen and oxygen atoms in total. The van der Waals surface area contributed by atoms with Gasteiger partial charge in [-0.3, -0.25) is 9.78 Å². The summed E-state index contributed by atoms with van der Waals surface area (Å²) in [5.41, 5.74) is 0.903. The summed E-state index contributed by atoms with van der Waals surface area (Å²) >= 11 is 0. The first kappa shape index (κ1) is 11.8. The van der Waals surface area contributed by atoms with E-state index in [-0.39, 0.29) is 18.6 Å². The van der Waals surface area contributed by atoms with Crippen LogP contribution >= 0.6 is 0 Å². The molecule has 0 aliphatic carbocycles. The van der Waals surface area contributed by atoms with Crippen molar-refractivity contribution in [3.63, 3.8) is 0 Å². The molecule has 1 aliphatic rings. The number of aliphatic hydroxyl groups excluding tert-OH is 1. The van der Waals surface area contributed by atoms with Crippen LogP contribution in [0.4, 0.5) is 0 Å². The lowest BCUT2D eigenvalue weighted by Crippen LogP contribution is -2.36. The molecule has 90 valence electrons. The number of hydrogen-bond acceptors (Lipinski definition) is 3. The fourth-order valence-electron chi connectivity index (χ4n) is 2.05. The second kappa shape index (κ2) is 5.59. The zero-order valence-electron chi connectivity index (χ0n) is 9.62. The number of aromatic nitrogens is 1. The van der Waals surface area contributed by atoms with Gasteiger partial charge in [0.25, 0.3) is 0 Å². The molecule has 0 radical (unpaired) electrons. The summed E-state index contributed by atoms with van der Waals surface area (Å²) in [4.78, 5) is 17.6. The van der Waals surface area contributed by atoms with Gasteiger partial charge in [-0.2, -0.15) is 0 Å². The lowest BCUT2D eigenvalue weighted by atomic mass is 10.2. The van der Waals surface area contributed by atoms with Gasteiger partial charge in [0.15, 0.2) is 0 Å². The molecule has 4 heteroatoms. The van der Waals surface area contributed by atoms with Crippen LogP contribution in [0.2, 0.25) is 0 Å². The minimum absolute atomic E-state index is 0.0129. The third-order valence-corrected chi connectivity index (χ3v) is 2.97. The Balaban J connectivity index is 1.99. The summed E-state index contributed by atoms with van der Waals surface area (Å²) in [5, 5.41) is 9.14. The van der Waals surface area contributed by atoms with Crippen LogP contribution in [0.3, 0.4) is 0 Å². The molecule has 1 saturated heterocycles. The Morgan fingerprint density at radius 1 is 1.65 bits per heavy atom. The summed E-state index contributed by atoms with van der Waals surface area (Å²) in [5.74, 6) is -0.0367. The monoisotopic (exact) mass is 232 g/mol. The topological polar surface area (TPSA) is 53.4 Å². The first-order valence-corrected chi connectivity index (χ1v) is 5.81. The lowest BCUT2D eigenvalue weighted by Gasteiger charge is -2.21. The van der Waals surface area contributed by atoms with Crippen molar-refractivity contribution in [3.05, 3.63) is 36.2 Å². The maximum Gasteiger partial charge on any atom is 0.246 e. The first-order valence-electron chi connectivity index (χ1n) is 5.81. The van der Waals surface area contributed by atoms with E-state index in [0.717, 1.165) is 24.9 Å². The predicted molar refractivity (Wildman–Crippen MR) is 65.1 cm³/mol. The van der Waals surface area contributed by atoms with Crippen molar-refractivity contribution in [2.45, 2.75) is 18.9 Å². The predicted octanol–water partition coefficient (Wildman–Crippen LogP) is 1.08. The molecule has 1 aromatic rings. The van der Waals surface area contributed by atoms with Crippen LogP contribution in [0.25, 0.3) is 6.08 Å². The van der Waals surface area contributed by atoms with Crippen LogP contribution in [0.1, 0.15) is 18.4 Å². The number of likely N-dealkylation sites (tertiary alicyclic amines) is 1. The van der Waals surface area contributed by atoms with Crippen LogP contribution in [-0.2, 0) is 4.79 Å². The number of carbonyl (C=O) groups excluding carboxylic acids is 1. The second-order valence-corrected chi connectivity index (χ2v) is 4.13. The van der Waals surface area contributed by atoms with E-state index in [2.05, 4.69) is 4.98 Å². The molecule has 1 atom stereocenters. The highest BCUT2D eigenvalue weighted by atomic mass is 16.3. The average molecular weight is 232 g/mol. The number of pyridine rings is 1. The van der Waals surface area contributed by atoms with Crippen LogP contribution in [-0.4, -0.2) is 40.1 Å². The molecule has 2 rings (SSSR count). The van der Waals surface area contributed by atoms with Crippen molar-refractivity contribution in [1.82, 2.24) is 9.88 Å². The standard InChI is InChI=1S/C13H16N2O2/c16-10-12-4-2-8-15(12)13(17)6-5-11-3-1-7-14-9-11/h1,3,5-7,9,12,16H,2,4,8,10H2/t12-/m1/s1. The largest absolute Gasteiger partial charge is 0.394 e. The van der Waals surface area contributed by atoms with Gasteiger partial charge in [-0.1, -0.05) is 6.07 Å². The third-order valence-electron chi connectivity index (χ3n) is 2.97. The summed E-state index contributed by atoms with van der Waals surface area (Å²) in [6.07, 6.45) is 8.56. The molecule has 1 aliphatic heterocycles. The fraction of sp³-hybridized carbons (Fsp3) is 0.385. The van der Waals surface area contributed by atoms with Crippen LogP contribution in [0.5, 0.6) is 0 Å². The molecule has 1 amide bonds. The van der Waals surface area contributed by atoms with Gasteiger partial charge in [0.05, 0.1) is 12.6 Å². The molecule has 0 spiro atoms. The van der Waals surface area contributed by atoms with E-state index < -0.39 is 0 Å². The molecule has 1 aromatic heterocycles. The van der Waals surface area contributed by atoms with Crippen molar-refractivity contribution < 1.29 is 9.90 Å². The molecule has 1 N–H and O–H groups in total. The maximum atomic E-state index is 11.9. The number of nitrogens with zero attached hydrogens (tertiary/aromatic N) is 2. The Morgan fingerprint density at radius 2 is 2.53 bits per heavy atom. The second-order valence-electron chi connectivity index (χ2n) is 4.13. The Kier molecular flexibility index (Phi) is 3.88. The quantitative estimate of drug-likeness (QED) is 0.793. The van der Waals surface area contributed by atoms with Crippen molar-refractivity contribution in [2.24, 2.45) is 0 Å². The Hall–Kier alpha value is -1.68. The normalized spacial score (nSPS) is 20.1.